The zero-order valence-electron chi connectivity index (χ0n) is 10.4. The Balaban J connectivity index is 1.90. The van der Waals surface area contributed by atoms with Crippen molar-refractivity contribution >= 4 is 34.5 Å². The van der Waals surface area contributed by atoms with Crippen LogP contribution >= 0.6 is 23.6 Å². The van der Waals surface area contributed by atoms with E-state index in [0.717, 1.165) is 31.1 Å². The number of nitrogens with two attached hydrogens (primary N) is 1. The lowest BCUT2D eigenvalue weighted by molar-refractivity contribution is 0.0659. The molecule has 0 spiro atoms. The number of piperazine rings is 1. The van der Waals surface area contributed by atoms with Gasteiger partial charge in [-0.3, -0.25) is 9.69 Å². The molecule has 0 aliphatic carbocycles. The van der Waals surface area contributed by atoms with E-state index in [1.165, 1.54) is 4.88 Å². The van der Waals surface area contributed by atoms with Gasteiger partial charge in [-0.1, -0.05) is 12.2 Å². The maximum absolute atomic E-state index is 12.2. The first-order chi connectivity index (χ1) is 8.56. The van der Waals surface area contributed by atoms with E-state index in [1.54, 1.807) is 11.3 Å². The molecule has 1 aromatic rings. The molecule has 98 valence electrons. The molecule has 1 amide bonds. The van der Waals surface area contributed by atoms with Crippen molar-refractivity contribution in [2.24, 2.45) is 5.73 Å². The minimum Gasteiger partial charge on any atom is -0.392 e. The van der Waals surface area contributed by atoms with Gasteiger partial charge < -0.3 is 10.6 Å². The molecule has 0 unspecified atom stereocenters. The lowest BCUT2D eigenvalue weighted by Crippen LogP contribution is -2.50. The molecule has 4 nitrogen and oxygen atoms in total. The van der Waals surface area contributed by atoms with Gasteiger partial charge in [-0.2, -0.15) is 0 Å². The first-order valence-electron chi connectivity index (χ1n) is 5.92. The van der Waals surface area contributed by atoms with Crippen LogP contribution in [0.1, 0.15) is 14.5 Å². The Morgan fingerprint density at radius 3 is 2.56 bits per heavy atom. The number of carbonyl (C=O) groups is 1. The first kappa shape index (κ1) is 13.5. The average Bonchev–Trinajstić information content (AvgIpc) is 2.75. The van der Waals surface area contributed by atoms with Crippen molar-refractivity contribution in [1.29, 1.82) is 0 Å². The summed E-state index contributed by atoms with van der Waals surface area (Å²) in [6, 6.07) is 3.89. The minimum atomic E-state index is 0.142. The Morgan fingerprint density at radius 1 is 1.39 bits per heavy atom. The van der Waals surface area contributed by atoms with Crippen molar-refractivity contribution in [1.82, 2.24) is 9.80 Å². The van der Waals surface area contributed by atoms with Gasteiger partial charge in [-0.15, -0.1) is 11.3 Å². The molecule has 0 atom stereocenters. The average molecular weight is 283 g/mol. The molecule has 1 aliphatic heterocycles. The van der Waals surface area contributed by atoms with Crippen LogP contribution in [-0.4, -0.2) is 53.4 Å². The fraction of sp³-hybridized carbons (Fsp3) is 0.500. The Hall–Kier alpha value is -0.980. The number of aryl methyl sites for hydroxylation is 1. The van der Waals surface area contributed by atoms with E-state index in [-0.39, 0.29) is 5.91 Å². The third kappa shape index (κ3) is 3.28. The smallest absolute Gasteiger partial charge is 0.264 e. The number of rotatable bonds is 3. The second-order valence-electron chi connectivity index (χ2n) is 4.44. The molecule has 1 saturated heterocycles. The summed E-state index contributed by atoms with van der Waals surface area (Å²) in [5.41, 5.74) is 5.52. The summed E-state index contributed by atoms with van der Waals surface area (Å²) in [5, 5.41) is 0. The van der Waals surface area contributed by atoms with Gasteiger partial charge in [-0.25, -0.2) is 0 Å². The van der Waals surface area contributed by atoms with Crippen LogP contribution in [0.25, 0.3) is 0 Å². The number of thiophene rings is 1. The van der Waals surface area contributed by atoms with Crippen molar-refractivity contribution in [2.45, 2.75) is 6.92 Å². The summed E-state index contributed by atoms with van der Waals surface area (Å²) in [6.45, 7) is 5.84. The number of carbonyl (C=O) groups excluding carboxylic acids is 1. The first-order valence-corrected chi connectivity index (χ1v) is 7.15. The van der Waals surface area contributed by atoms with Crippen LogP contribution in [0.5, 0.6) is 0 Å². The molecule has 0 radical (unpaired) electrons. The summed E-state index contributed by atoms with van der Waals surface area (Å²) in [5.74, 6) is 0.142. The van der Waals surface area contributed by atoms with Gasteiger partial charge >= 0.3 is 0 Å². The SMILES string of the molecule is Cc1ccc(C(=O)N2CCN(CC(N)=S)CC2)s1. The minimum absolute atomic E-state index is 0.142. The molecule has 2 N–H and O–H groups in total. The second kappa shape index (κ2) is 5.77. The van der Waals surface area contributed by atoms with Crippen molar-refractivity contribution in [3.63, 3.8) is 0 Å². The molecule has 0 bridgehead atoms. The van der Waals surface area contributed by atoms with Gasteiger partial charge in [0.2, 0.25) is 0 Å². The largest absolute Gasteiger partial charge is 0.392 e. The fourth-order valence-corrected chi connectivity index (χ4v) is 3.05. The predicted octanol–water partition coefficient (Wildman–Crippen LogP) is 1.10. The fourth-order valence-electron chi connectivity index (χ4n) is 2.03. The summed E-state index contributed by atoms with van der Waals surface area (Å²) in [7, 11) is 0. The maximum atomic E-state index is 12.2. The summed E-state index contributed by atoms with van der Waals surface area (Å²) in [6.07, 6.45) is 0. The van der Waals surface area contributed by atoms with Crippen molar-refractivity contribution in [3.8, 4) is 0 Å². The van der Waals surface area contributed by atoms with Crippen LogP contribution in [0.3, 0.4) is 0 Å². The van der Waals surface area contributed by atoms with Crippen LogP contribution in [0.2, 0.25) is 0 Å². The van der Waals surface area contributed by atoms with Crippen LogP contribution in [-0.2, 0) is 0 Å². The molecule has 6 heteroatoms. The maximum Gasteiger partial charge on any atom is 0.264 e. The summed E-state index contributed by atoms with van der Waals surface area (Å²) in [4.78, 5) is 18.8. The number of amides is 1. The highest BCUT2D eigenvalue weighted by Crippen LogP contribution is 2.18. The molecule has 0 saturated carbocycles. The Kier molecular flexibility index (Phi) is 4.31. The Bertz CT molecular complexity index is 450. The van der Waals surface area contributed by atoms with Crippen molar-refractivity contribution in [3.05, 3.63) is 21.9 Å². The lowest BCUT2D eigenvalue weighted by Gasteiger charge is -2.34. The highest BCUT2D eigenvalue weighted by Gasteiger charge is 2.22. The molecule has 2 rings (SSSR count). The van der Waals surface area contributed by atoms with E-state index in [0.29, 0.717) is 11.5 Å². The van der Waals surface area contributed by atoms with E-state index in [4.69, 9.17) is 18.0 Å². The van der Waals surface area contributed by atoms with Gasteiger partial charge in [0.15, 0.2) is 0 Å². The highest BCUT2D eigenvalue weighted by molar-refractivity contribution is 7.80. The Labute approximate surface area is 116 Å². The lowest BCUT2D eigenvalue weighted by atomic mass is 10.3. The highest BCUT2D eigenvalue weighted by atomic mass is 32.1. The summed E-state index contributed by atoms with van der Waals surface area (Å²) >= 11 is 6.45. The molecule has 1 aliphatic rings. The van der Waals surface area contributed by atoms with Crippen molar-refractivity contribution in [2.75, 3.05) is 32.7 Å². The normalized spacial score (nSPS) is 16.8. The zero-order chi connectivity index (χ0) is 13.1. The summed E-state index contributed by atoms with van der Waals surface area (Å²) < 4.78 is 0. The predicted molar refractivity (Wildman–Crippen MR) is 78.2 cm³/mol. The number of thiocarbonyl (C=S) groups is 1. The van der Waals surface area contributed by atoms with Crippen molar-refractivity contribution < 1.29 is 4.79 Å². The molecule has 18 heavy (non-hydrogen) atoms. The number of nitrogens with zero attached hydrogens (tertiary/aromatic N) is 2. The molecular weight excluding hydrogens is 266 g/mol. The second-order valence-corrected chi connectivity index (χ2v) is 6.26. The van der Waals surface area contributed by atoms with Gasteiger partial charge in [0.1, 0.15) is 0 Å². The van der Waals surface area contributed by atoms with E-state index in [2.05, 4.69) is 4.90 Å². The zero-order valence-corrected chi connectivity index (χ0v) is 12.0. The number of hydrogen-bond acceptors (Lipinski definition) is 4. The molecule has 1 fully saturated rings. The molecule has 0 aromatic carbocycles. The van der Waals surface area contributed by atoms with E-state index in [1.807, 2.05) is 24.0 Å². The standard InChI is InChI=1S/C12H17N3OS2/c1-9-2-3-10(18-9)12(16)15-6-4-14(5-7-15)8-11(13)17/h2-3H,4-8H2,1H3,(H2,13,17). The van der Waals surface area contributed by atoms with Crippen LogP contribution in [0.4, 0.5) is 0 Å². The topological polar surface area (TPSA) is 49.6 Å². The monoisotopic (exact) mass is 283 g/mol. The quantitative estimate of drug-likeness (QED) is 0.844. The third-order valence-electron chi connectivity index (χ3n) is 2.99. The molecular formula is C12H17N3OS2. The van der Waals surface area contributed by atoms with Crippen LogP contribution in [0, 0.1) is 6.92 Å². The molecule has 1 aromatic heterocycles. The van der Waals surface area contributed by atoms with E-state index in [9.17, 15) is 4.79 Å². The van der Waals surface area contributed by atoms with Gasteiger partial charge in [0.05, 0.1) is 9.87 Å². The van der Waals surface area contributed by atoms with E-state index < -0.39 is 0 Å². The van der Waals surface area contributed by atoms with Crippen LogP contribution < -0.4 is 5.73 Å². The third-order valence-corrected chi connectivity index (χ3v) is 4.11. The van der Waals surface area contributed by atoms with Crippen LogP contribution in [0.15, 0.2) is 12.1 Å². The van der Waals surface area contributed by atoms with Gasteiger partial charge in [0, 0.05) is 37.6 Å². The Morgan fingerprint density at radius 2 is 2.06 bits per heavy atom. The van der Waals surface area contributed by atoms with E-state index >= 15 is 0 Å². The van der Waals surface area contributed by atoms with Gasteiger partial charge in [0.25, 0.3) is 5.91 Å². The van der Waals surface area contributed by atoms with Gasteiger partial charge in [-0.05, 0) is 19.1 Å². The molecule has 2 heterocycles. The number of hydrogen-bond donors (Lipinski definition) is 1.